The van der Waals surface area contributed by atoms with Crippen LogP contribution in [0.3, 0.4) is 0 Å². The maximum absolute atomic E-state index is 11.5. The Labute approximate surface area is 132 Å². The van der Waals surface area contributed by atoms with Gasteiger partial charge in [-0.2, -0.15) is 0 Å². The zero-order valence-corrected chi connectivity index (χ0v) is 13.9. The number of hydrogen-bond donors (Lipinski definition) is 0. The number of ether oxygens (including phenoxy) is 1. The number of rotatable bonds is 3. The minimum Gasteiger partial charge on any atom is -0.381 e. The zero-order chi connectivity index (χ0) is 15.6. The Bertz CT molecular complexity index is 586. The van der Waals surface area contributed by atoms with Crippen LogP contribution in [0, 0.1) is 0 Å². The minimum atomic E-state index is -3.11. The van der Waals surface area contributed by atoms with Crippen molar-refractivity contribution in [2.75, 3.05) is 50.5 Å². The van der Waals surface area contributed by atoms with E-state index >= 15 is 0 Å². The molecule has 5 nitrogen and oxygen atoms in total. The van der Waals surface area contributed by atoms with Crippen LogP contribution < -0.4 is 4.90 Å². The van der Waals surface area contributed by atoms with Crippen molar-refractivity contribution in [3.63, 3.8) is 0 Å². The van der Waals surface area contributed by atoms with Gasteiger partial charge in [-0.05, 0) is 37.1 Å². The molecule has 2 aliphatic heterocycles. The van der Waals surface area contributed by atoms with Crippen molar-refractivity contribution < 1.29 is 13.2 Å². The van der Waals surface area contributed by atoms with Crippen LogP contribution in [0.1, 0.15) is 12.8 Å². The van der Waals surface area contributed by atoms with Crippen molar-refractivity contribution in [2.45, 2.75) is 23.8 Å². The first kappa shape index (κ1) is 15.8. The molecule has 0 radical (unpaired) electrons. The second-order valence-electron chi connectivity index (χ2n) is 6.13. The summed E-state index contributed by atoms with van der Waals surface area (Å²) in [4.78, 5) is 5.29. The number of nitrogens with zero attached hydrogens (tertiary/aromatic N) is 2. The number of sulfone groups is 1. The van der Waals surface area contributed by atoms with Crippen LogP contribution in [0.4, 0.5) is 5.69 Å². The van der Waals surface area contributed by atoms with Crippen molar-refractivity contribution in [3.05, 3.63) is 24.3 Å². The van der Waals surface area contributed by atoms with E-state index in [0.29, 0.717) is 10.9 Å². The van der Waals surface area contributed by atoms with Crippen LogP contribution in [0.25, 0.3) is 0 Å². The van der Waals surface area contributed by atoms with E-state index in [-0.39, 0.29) is 0 Å². The highest BCUT2D eigenvalue weighted by atomic mass is 32.2. The Balaban J connectivity index is 1.59. The quantitative estimate of drug-likeness (QED) is 0.841. The molecule has 6 heteroatoms. The third-order valence-electron chi connectivity index (χ3n) is 4.65. The lowest BCUT2D eigenvalue weighted by atomic mass is 10.1. The van der Waals surface area contributed by atoms with Crippen molar-refractivity contribution in [1.82, 2.24) is 4.90 Å². The first-order valence-electron chi connectivity index (χ1n) is 7.91. The highest BCUT2D eigenvalue weighted by Crippen LogP contribution is 2.22. The number of benzene rings is 1. The molecule has 0 aliphatic carbocycles. The van der Waals surface area contributed by atoms with Gasteiger partial charge < -0.3 is 9.64 Å². The molecule has 0 saturated carbocycles. The van der Waals surface area contributed by atoms with Crippen molar-refractivity contribution in [1.29, 1.82) is 0 Å². The number of hydrogen-bond acceptors (Lipinski definition) is 5. The molecule has 0 N–H and O–H groups in total. The Hall–Kier alpha value is -1.11. The standard InChI is InChI=1S/C16H24N2O3S/c1-22(19,20)16-4-2-14(3-5-16)17-8-10-18(11-9-17)15-6-12-21-13-7-15/h2-5,15H,6-13H2,1H3. The summed E-state index contributed by atoms with van der Waals surface area (Å²) in [7, 11) is -3.11. The summed E-state index contributed by atoms with van der Waals surface area (Å²) >= 11 is 0. The summed E-state index contributed by atoms with van der Waals surface area (Å²) in [5.74, 6) is 0. The van der Waals surface area contributed by atoms with Crippen LogP contribution in [0.5, 0.6) is 0 Å². The average molecular weight is 324 g/mol. The fraction of sp³-hybridized carbons (Fsp3) is 0.625. The Morgan fingerprint density at radius 1 is 1.00 bits per heavy atom. The first-order valence-corrected chi connectivity index (χ1v) is 9.80. The minimum absolute atomic E-state index is 0.386. The van der Waals surface area contributed by atoms with E-state index in [2.05, 4.69) is 9.80 Å². The molecule has 22 heavy (non-hydrogen) atoms. The van der Waals surface area contributed by atoms with Gasteiger partial charge in [-0.3, -0.25) is 4.90 Å². The monoisotopic (exact) mass is 324 g/mol. The van der Waals surface area contributed by atoms with Gasteiger partial charge in [0.1, 0.15) is 0 Å². The SMILES string of the molecule is CS(=O)(=O)c1ccc(N2CCN(C3CCOCC3)CC2)cc1. The van der Waals surface area contributed by atoms with E-state index in [1.807, 2.05) is 12.1 Å². The Kier molecular flexibility index (Phi) is 4.70. The Morgan fingerprint density at radius 2 is 1.59 bits per heavy atom. The first-order chi connectivity index (χ1) is 10.5. The lowest BCUT2D eigenvalue weighted by molar-refractivity contribution is 0.0321. The molecular weight excluding hydrogens is 300 g/mol. The molecule has 0 aromatic heterocycles. The van der Waals surface area contributed by atoms with E-state index in [0.717, 1.165) is 57.9 Å². The third kappa shape index (κ3) is 3.62. The van der Waals surface area contributed by atoms with E-state index in [9.17, 15) is 8.42 Å². The normalized spacial score (nSPS) is 22.0. The molecule has 0 atom stereocenters. The van der Waals surface area contributed by atoms with Gasteiger partial charge in [-0.15, -0.1) is 0 Å². The molecule has 0 bridgehead atoms. The molecule has 0 unspecified atom stereocenters. The molecule has 2 heterocycles. The summed E-state index contributed by atoms with van der Waals surface area (Å²) in [6.45, 7) is 5.90. The van der Waals surface area contributed by atoms with Gasteiger partial charge in [0, 0.05) is 57.4 Å². The maximum atomic E-state index is 11.5. The van der Waals surface area contributed by atoms with Crippen molar-refractivity contribution in [2.24, 2.45) is 0 Å². The topological polar surface area (TPSA) is 49.9 Å². The molecule has 2 fully saturated rings. The molecule has 2 saturated heterocycles. The predicted octanol–water partition coefficient (Wildman–Crippen LogP) is 1.39. The summed E-state index contributed by atoms with van der Waals surface area (Å²) in [5.41, 5.74) is 1.11. The van der Waals surface area contributed by atoms with E-state index < -0.39 is 9.84 Å². The summed E-state index contributed by atoms with van der Waals surface area (Å²) in [6.07, 6.45) is 3.53. The smallest absolute Gasteiger partial charge is 0.175 e. The van der Waals surface area contributed by atoms with Crippen LogP contribution in [-0.4, -0.2) is 65.0 Å². The fourth-order valence-corrected chi connectivity index (χ4v) is 3.93. The number of piperazine rings is 1. The predicted molar refractivity (Wildman–Crippen MR) is 87.2 cm³/mol. The summed E-state index contributed by atoms with van der Waals surface area (Å²) in [5, 5.41) is 0. The molecule has 3 rings (SSSR count). The van der Waals surface area contributed by atoms with E-state index in [1.165, 1.54) is 6.26 Å². The van der Waals surface area contributed by atoms with Gasteiger partial charge in [0.15, 0.2) is 9.84 Å². The summed E-state index contributed by atoms with van der Waals surface area (Å²) < 4.78 is 28.4. The zero-order valence-electron chi connectivity index (χ0n) is 13.1. The second-order valence-corrected chi connectivity index (χ2v) is 8.15. The van der Waals surface area contributed by atoms with Gasteiger partial charge in [-0.25, -0.2) is 8.42 Å². The molecule has 0 amide bonds. The number of anilines is 1. The molecule has 1 aromatic rings. The third-order valence-corrected chi connectivity index (χ3v) is 5.78. The van der Waals surface area contributed by atoms with Gasteiger partial charge in [0.2, 0.25) is 0 Å². The molecule has 1 aromatic carbocycles. The fourth-order valence-electron chi connectivity index (χ4n) is 3.30. The second kappa shape index (κ2) is 6.56. The van der Waals surface area contributed by atoms with Gasteiger partial charge in [-0.1, -0.05) is 0 Å². The molecular formula is C16H24N2O3S. The van der Waals surface area contributed by atoms with Crippen LogP contribution in [0.15, 0.2) is 29.2 Å². The largest absolute Gasteiger partial charge is 0.381 e. The van der Waals surface area contributed by atoms with Gasteiger partial charge in [0.25, 0.3) is 0 Å². The van der Waals surface area contributed by atoms with Crippen LogP contribution >= 0.6 is 0 Å². The van der Waals surface area contributed by atoms with Gasteiger partial charge in [0.05, 0.1) is 4.90 Å². The summed E-state index contributed by atoms with van der Waals surface area (Å²) in [6, 6.07) is 7.91. The van der Waals surface area contributed by atoms with E-state index in [1.54, 1.807) is 12.1 Å². The van der Waals surface area contributed by atoms with Gasteiger partial charge >= 0.3 is 0 Å². The van der Waals surface area contributed by atoms with Crippen molar-refractivity contribution >= 4 is 15.5 Å². The molecule has 122 valence electrons. The van der Waals surface area contributed by atoms with Crippen LogP contribution in [-0.2, 0) is 14.6 Å². The lowest BCUT2D eigenvalue weighted by Gasteiger charge is -2.41. The highest BCUT2D eigenvalue weighted by Gasteiger charge is 2.25. The molecule has 0 spiro atoms. The van der Waals surface area contributed by atoms with E-state index in [4.69, 9.17) is 4.74 Å². The maximum Gasteiger partial charge on any atom is 0.175 e. The highest BCUT2D eigenvalue weighted by molar-refractivity contribution is 7.90. The molecule has 2 aliphatic rings. The van der Waals surface area contributed by atoms with Crippen LogP contribution in [0.2, 0.25) is 0 Å². The average Bonchev–Trinajstić information content (AvgIpc) is 2.55. The van der Waals surface area contributed by atoms with Crippen molar-refractivity contribution in [3.8, 4) is 0 Å². The lowest BCUT2D eigenvalue weighted by Crippen LogP contribution is -2.51. The Morgan fingerprint density at radius 3 is 2.14 bits per heavy atom.